The summed E-state index contributed by atoms with van der Waals surface area (Å²) < 4.78 is 6.08. The topological polar surface area (TPSA) is 21.3 Å². The molecular formula is C15H21Cl2NO. The number of benzene rings is 1. The summed E-state index contributed by atoms with van der Waals surface area (Å²) in [6, 6.07) is 5.43. The van der Waals surface area contributed by atoms with E-state index in [9.17, 15) is 0 Å². The van der Waals surface area contributed by atoms with E-state index in [2.05, 4.69) is 33.0 Å². The molecule has 1 aliphatic heterocycles. The zero-order valence-corrected chi connectivity index (χ0v) is 13.4. The highest BCUT2D eigenvalue weighted by atomic mass is 35.5. The van der Waals surface area contributed by atoms with E-state index in [1.165, 1.54) is 0 Å². The first-order valence-corrected chi connectivity index (χ1v) is 7.34. The molecule has 1 aromatic carbocycles. The first-order chi connectivity index (χ1) is 8.67. The molecule has 1 N–H and O–H groups in total. The van der Waals surface area contributed by atoms with E-state index in [1.807, 2.05) is 6.07 Å². The summed E-state index contributed by atoms with van der Waals surface area (Å²) in [6.45, 7) is 8.83. The largest absolute Gasteiger partial charge is 0.490 e. The lowest BCUT2D eigenvalue weighted by atomic mass is 9.81. The standard InChI is InChI=1S/C15H21Cl2NO/c1-14(2)8-11(9-15(3,4)18-14)19-10-5-6-12(16)13(17)7-10/h5-7,11,18H,8-9H2,1-4H3. The Hall–Kier alpha value is -0.440. The molecule has 19 heavy (non-hydrogen) atoms. The molecule has 0 bridgehead atoms. The third kappa shape index (κ3) is 4.01. The molecule has 0 atom stereocenters. The number of hydrogen-bond donors (Lipinski definition) is 1. The maximum absolute atomic E-state index is 6.08. The number of nitrogens with one attached hydrogen (secondary N) is 1. The van der Waals surface area contributed by atoms with Crippen molar-refractivity contribution in [2.24, 2.45) is 0 Å². The van der Waals surface area contributed by atoms with E-state index in [-0.39, 0.29) is 17.2 Å². The predicted molar refractivity (Wildman–Crippen MR) is 81.4 cm³/mol. The molecule has 0 radical (unpaired) electrons. The van der Waals surface area contributed by atoms with E-state index in [1.54, 1.807) is 12.1 Å². The first-order valence-electron chi connectivity index (χ1n) is 6.58. The SMILES string of the molecule is CC1(C)CC(Oc2ccc(Cl)c(Cl)c2)CC(C)(C)N1. The fourth-order valence-electron chi connectivity index (χ4n) is 3.05. The van der Waals surface area contributed by atoms with Crippen molar-refractivity contribution in [2.75, 3.05) is 0 Å². The van der Waals surface area contributed by atoms with Crippen molar-refractivity contribution in [2.45, 2.75) is 57.7 Å². The van der Waals surface area contributed by atoms with Crippen molar-refractivity contribution < 1.29 is 4.74 Å². The maximum atomic E-state index is 6.08. The molecule has 1 aliphatic rings. The van der Waals surface area contributed by atoms with Crippen LogP contribution in [0.4, 0.5) is 0 Å². The quantitative estimate of drug-likeness (QED) is 0.856. The smallest absolute Gasteiger partial charge is 0.121 e. The van der Waals surface area contributed by atoms with Gasteiger partial charge in [-0.15, -0.1) is 0 Å². The van der Waals surface area contributed by atoms with Gasteiger partial charge in [-0.05, 0) is 39.8 Å². The summed E-state index contributed by atoms with van der Waals surface area (Å²) in [4.78, 5) is 0. The Morgan fingerprint density at radius 3 is 2.16 bits per heavy atom. The van der Waals surface area contributed by atoms with Gasteiger partial charge < -0.3 is 10.1 Å². The second kappa shape index (κ2) is 5.16. The van der Waals surface area contributed by atoms with Crippen molar-refractivity contribution in [3.05, 3.63) is 28.2 Å². The van der Waals surface area contributed by atoms with Gasteiger partial charge in [0.15, 0.2) is 0 Å². The minimum atomic E-state index is 0.0721. The van der Waals surface area contributed by atoms with Crippen LogP contribution in [-0.4, -0.2) is 17.2 Å². The van der Waals surface area contributed by atoms with Crippen LogP contribution in [0.2, 0.25) is 10.0 Å². The van der Waals surface area contributed by atoms with Gasteiger partial charge in [-0.3, -0.25) is 0 Å². The molecule has 0 unspecified atom stereocenters. The van der Waals surface area contributed by atoms with Crippen molar-refractivity contribution in [3.8, 4) is 5.75 Å². The monoisotopic (exact) mass is 301 g/mol. The van der Waals surface area contributed by atoms with Crippen LogP contribution in [0.15, 0.2) is 18.2 Å². The lowest BCUT2D eigenvalue weighted by Gasteiger charge is -2.46. The van der Waals surface area contributed by atoms with Crippen molar-refractivity contribution >= 4 is 23.2 Å². The molecule has 0 amide bonds. The fourth-order valence-corrected chi connectivity index (χ4v) is 3.34. The van der Waals surface area contributed by atoms with Gasteiger partial charge in [0.1, 0.15) is 11.9 Å². The first kappa shape index (κ1) is 15.0. The predicted octanol–water partition coefficient (Wildman–Crippen LogP) is 4.68. The van der Waals surface area contributed by atoms with Crippen molar-refractivity contribution in [3.63, 3.8) is 0 Å². The van der Waals surface area contributed by atoms with Gasteiger partial charge in [-0.1, -0.05) is 23.2 Å². The lowest BCUT2D eigenvalue weighted by molar-refractivity contribution is 0.0559. The van der Waals surface area contributed by atoms with Crippen LogP contribution in [0.1, 0.15) is 40.5 Å². The van der Waals surface area contributed by atoms with Gasteiger partial charge in [0.25, 0.3) is 0 Å². The Bertz CT molecular complexity index is 455. The Labute approximate surface area is 125 Å². The number of hydrogen-bond acceptors (Lipinski definition) is 2. The average molecular weight is 302 g/mol. The highest BCUT2D eigenvalue weighted by Crippen LogP contribution is 2.33. The van der Waals surface area contributed by atoms with Gasteiger partial charge in [0.2, 0.25) is 0 Å². The molecule has 106 valence electrons. The van der Waals surface area contributed by atoms with Gasteiger partial charge >= 0.3 is 0 Å². The Balaban J connectivity index is 2.11. The third-order valence-corrected chi connectivity index (χ3v) is 4.09. The molecule has 1 aromatic rings. The van der Waals surface area contributed by atoms with Crippen LogP contribution in [-0.2, 0) is 0 Å². The molecule has 0 saturated carbocycles. The summed E-state index contributed by atoms with van der Waals surface area (Å²) in [6.07, 6.45) is 2.12. The van der Waals surface area contributed by atoms with Crippen molar-refractivity contribution in [1.82, 2.24) is 5.32 Å². The fraction of sp³-hybridized carbons (Fsp3) is 0.600. The second-order valence-electron chi connectivity index (χ2n) is 6.62. The summed E-state index contributed by atoms with van der Waals surface area (Å²) in [5.74, 6) is 0.785. The molecule has 1 heterocycles. The molecule has 1 fully saturated rings. The Morgan fingerprint density at radius 1 is 1.05 bits per heavy atom. The van der Waals surface area contributed by atoms with Crippen molar-refractivity contribution in [1.29, 1.82) is 0 Å². The van der Waals surface area contributed by atoms with Gasteiger partial charge in [0.05, 0.1) is 10.0 Å². The number of ether oxygens (including phenoxy) is 1. The summed E-state index contributed by atoms with van der Waals surface area (Å²) in [5, 5.41) is 4.73. The van der Waals surface area contributed by atoms with E-state index in [4.69, 9.17) is 27.9 Å². The van der Waals surface area contributed by atoms with Crippen LogP contribution < -0.4 is 10.1 Å². The summed E-state index contributed by atoms with van der Waals surface area (Å²) in [7, 11) is 0. The highest BCUT2D eigenvalue weighted by molar-refractivity contribution is 6.42. The van der Waals surface area contributed by atoms with Crippen LogP contribution in [0.3, 0.4) is 0 Å². The van der Waals surface area contributed by atoms with E-state index in [0.717, 1.165) is 18.6 Å². The Kier molecular flexibility index (Phi) is 4.06. The highest BCUT2D eigenvalue weighted by Gasteiger charge is 2.38. The zero-order valence-electron chi connectivity index (χ0n) is 11.9. The van der Waals surface area contributed by atoms with Crippen LogP contribution in [0, 0.1) is 0 Å². The van der Waals surface area contributed by atoms with E-state index >= 15 is 0 Å². The van der Waals surface area contributed by atoms with E-state index in [0.29, 0.717) is 10.0 Å². The molecule has 0 aromatic heterocycles. The number of rotatable bonds is 2. The molecular weight excluding hydrogens is 281 g/mol. The van der Waals surface area contributed by atoms with Gasteiger partial charge in [-0.25, -0.2) is 0 Å². The third-order valence-electron chi connectivity index (χ3n) is 3.35. The molecule has 2 nitrogen and oxygen atoms in total. The Morgan fingerprint density at radius 2 is 1.63 bits per heavy atom. The summed E-state index contributed by atoms with van der Waals surface area (Å²) in [5.41, 5.74) is 0.144. The molecule has 2 rings (SSSR count). The maximum Gasteiger partial charge on any atom is 0.121 e. The average Bonchev–Trinajstić information content (AvgIpc) is 2.18. The van der Waals surface area contributed by atoms with Crippen LogP contribution in [0.5, 0.6) is 5.75 Å². The zero-order chi connectivity index (χ0) is 14.3. The van der Waals surface area contributed by atoms with Gasteiger partial charge in [-0.2, -0.15) is 0 Å². The lowest BCUT2D eigenvalue weighted by Crippen LogP contribution is -2.60. The van der Waals surface area contributed by atoms with E-state index < -0.39 is 0 Å². The normalized spacial score (nSPS) is 22.2. The minimum Gasteiger partial charge on any atom is -0.490 e. The van der Waals surface area contributed by atoms with Crippen LogP contribution in [0.25, 0.3) is 0 Å². The number of piperidine rings is 1. The van der Waals surface area contributed by atoms with Crippen LogP contribution >= 0.6 is 23.2 Å². The molecule has 1 saturated heterocycles. The minimum absolute atomic E-state index is 0.0721. The molecule has 4 heteroatoms. The molecule has 0 spiro atoms. The second-order valence-corrected chi connectivity index (χ2v) is 7.43. The summed E-state index contributed by atoms with van der Waals surface area (Å²) >= 11 is 11.9. The number of halogens is 2. The van der Waals surface area contributed by atoms with Gasteiger partial charge in [0, 0.05) is 30.0 Å². The molecule has 0 aliphatic carbocycles.